The van der Waals surface area contributed by atoms with Crippen LogP contribution in [-0.4, -0.2) is 6.04 Å². The molecule has 0 heterocycles. The van der Waals surface area contributed by atoms with E-state index in [-0.39, 0.29) is 10.5 Å². The highest BCUT2D eigenvalue weighted by Gasteiger charge is 2.12. The molecule has 0 saturated heterocycles. The predicted octanol–water partition coefficient (Wildman–Crippen LogP) is 3.40. The van der Waals surface area contributed by atoms with Crippen LogP contribution in [0.4, 0.5) is 8.78 Å². The van der Waals surface area contributed by atoms with Crippen molar-refractivity contribution < 1.29 is 8.78 Å². The fourth-order valence-electron chi connectivity index (χ4n) is 1.30. The van der Waals surface area contributed by atoms with Crippen LogP contribution >= 0.6 is 15.9 Å². The molecule has 0 saturated carbocycles. The fourth-order valence-corrected chi connectivity index (χ4v) is 1.61. The molecule has 1 unspecified atom stereocenters. The second-order valence-electron chi connectivity index (χ2n) is 3.54. The lowest BCUT2D eigenvalue weighted by atomic mass is 10.0. The maximum atomic E-state index is 13.4. The summed E-state index contributed by atoms with van der Waals surface area (Å²) < 4.78 is 26.7. The average molecular weight is 278 g/mol. The molecule has 0 spiro atoms. The van der Waals surface area contributed by atoms with E-state index >= 15 is 0 Å². The Balaban J connectivity index is 2.74. The Morgan fingerprint density at radius 3 is 2.60 bits per heavy atom. The Hall–Kier alpha value is -0.480. The minimum Gasteiger partial charge on any atom is -0.328 e. The molecule has 1 aromatic carbocycles. The van der Waals surface area contributed by atoms with Gasteiger partial charge in [0.05, 0.1) is 4.47 Å². The van der Waals surface area contributed by atoms with E-state index in [1.54, 1.807) is 6.07 Å². The van der Waals surface area contributed by atoms with Gasteiger partial charge in [0.15, 0.2) is 11.6 Å². The summed E-state index contributed by atoms with van der Waals surface area (Å²) >= 11 is 2.93. The Morgan fingerprint density at radius 2 is 2.00 bits per heavy atom. The molecule has 0 bridgehead atoms. The number of aryl methyl sites for hydroxylation is 1. The number of hydrogen-bond acceptors (Lipinski definition) is 1. The Morgan fingerprint density at radius 1 is 1.33 bits per heavy atom. The Bertz CT molecular complexity index is 342. The van der Waals surface area contributed by atoms with Crippen molar-refractivity contribution in [1.82, 2.24) is 0 Å². The van der Waals surface area contributed by atoms with Crippen molar-refractivity contribution in [2.45, 2.75) is 32.2 Å². The highest BCUT2D eigenvalue weighted by molar-refractivity contribution is 9.10. The summed E-state index contributed by atoms with van der Waals surface area (Å²) in [5.41, 5.74) is 6.10. The number of nitrogens with two attached hydrogens (primary N) is 1. The van der Waals surface area contributed by atoms with Crippen LogP contribution in [0.15, 0.2) is 16.6 Å². The molecule has 1 nitrogen and oxygen atoms in total. The standard InChI is InChI=1S/C11H14BrF2N/c1-2-8(15)5-3-7-4-6-9(12)11(14)10(7)13/h4,6,8H,2-3,5,15H2,1H3. The van der Waals surface area contributed by atoms with E-state index in [2.05, 4.69) is 15.9 Å². The zero-order valence-electron chi connectivity index (χ0n) is 8.56. The first kappa shape index (κ1) is 12.6. The van der Waals surface area contributed by atoms with Crippen molar-refractivity contribution in [3.63, 3.8) is 0 Å². The summed E-state index contributed by atoms with van der Waals surface area (Å²) in [6.07, 6.45) is 2.00. The number of benzene rings is 1. The third-order valence-corrected chi connectivity index (χ3v) is 3.04. The van der Waals surface area contributed by atoms with Crippen LogP contribution in [0.3, 0.4) is 0 Å². The molecule has 0 amide bonds. The SMILES string of the molecule is CCC(N)CCc1ccc(Br)c(F)c1F. The van der Waals surface area contributed by atoms with Crippen molar-refractivity contribution in [3.05, 3.63) is 33.8 Å². The summed E-state index contributed by atoms with van der Waals surface area (Å²) in [5, 5.41) is 0. The van der Waals surface area contributed by atoms with Crippen LogP contribution < -0.4 is 5.73 Å². The van der Waals surface area contributed by atoms with Gasteiger partial charge in [0.2, 0.25) is 0 Å². The van der Waals surface area contributed by atoms with Gasteiger partial charge in [0.1, 0.15) is 0 Å². The van der Waals surface area contributed by atoms with Gasteiger partial charge in [-0.1, -0.05) is 13.0 Å². The van der Waals surface area contributed by atoms with Crippen molar-refractivity contribution in [1.29, 1.82) is 0 Å². The monoisotopic (exact) mass is 277 g/mol. The second-order valence-corrected chi connectivity index (χ2v) is 4.40. The molecule has 1 rings (SSSR count). The van der Waals surface area contributed by atoms with Gasteiger partial charge in [-0.3, -0.25) is 0 Å². The van der Waals surface area contributed by atoms with Crippen LogP contribution in [0.1, 0.15) is 25.3 Å². The van der Waals surface area contributed by atoms with Crippen molar-refractivity contribution >= 4 is 15.9 Å². The molecule has 0 radical (unpaired) electrons. The summed E-state index contributed by atoms with van der Waals surface area (Å²) in [7, 11) is 0. The molecular formula is C11H14BrF2N. The Kier molecular flexibility index (Phi) is 4.67. The van der Waals surface area contributed by atoms with Crippen LogP contribution in [0.25, 0.3) is 0 Å². The quantitative estimate of drug-likeness (QED) is 0.839. The predicted molar refractivity (Wildman–Crippen MR) is 60.6 cm³/mol. The summed E-state index contributed by atoms with van der Waals surface area (Å²) in [4.78, 5) is 0. The lowest BCUT2D eigenvalue weighted by Crippen LogP contribution is -2.19. The van der Waals surface area contributed by atoms with E-state index in [1.165, 1.54) is 6.07 Å². The van der Waals surface area contributed by atoms with Crippen molar-refractivity contribution in [2.24, 2.45) is 5.73 Å². The molecular weight excluding hydrogens is 264 g/mol. The van der Waals surface area contributed by atoms with E-state index in [1.807, 2.05) is 6.92 Å². The molecule has 0 fully saturated rings. The first-order valence-electron chi connectivity index (χ1n) is 4.94. The molecule has 1 atom stereocenters. The lowest BCUT2D eigenvalue weighted by molar-refractivity contribution is 0.488. The summed E-state index contributed by atoms with van der Waals surface area (Å²) in [5.74, 6) is -1.59. The molecule has 15 heavy (non-hydrogen) atoms. The largest absolute Gasteiger partial charge is 0.328 e. The first-order valence-corrected chi connectivity index (χ1v) is 5.73. The first-order chi connectivity index (χ1) is 7.06. The number of halogens is 3. The van der Waals surface area contributed by atoms with Gasteiger partial charge in [-0.15, -0.1) is 0 Å². The van der Waals surface area contributed by atoms with Gasteiger partial charge in [0, 0.05) is 6.04 Å². The van der Waals surface area contributed by atoms with Gasteiger partial charge in [0.25, 0.3) is 0 Å². The van der Waals surface area contributed by atoms with Gasteiger partial charge < -0.3 is 5.73 Å². The molecule has 2 N–H and O–H groups in total. The van der Waals surface area contributed by atoms with Gasteiger partial charge >= 0.3 is 0 Å². The minimum atomic E-state index is -0.822. The van der Waals surface area contributed by atoms with Crippen LogP contribution in [0.5, 0.6) is 0 Å². The van der Waals surface area contributed by atoms with E-state index in [9.17, 15) is 8.78 Å². The highest BCUT2D eigenvalue weighted by atomic mass is 79.9. The fraction of sp³-hybridized carbons (Fsp3) is 0.455. The summed E-state index contributed by atoms with van der Waals surface area (Å²) in [6, 6.07) is 3.16. The topological polar surface area (TPSA) is 26.0 Å². The molecule has 84 valence electrons. The zero-order chi connectivity index (χ0) is 11.4. The molecule has 0 aliphatic carbocycles. The molecule has 4 heteroatoms. The van der Waals surface area contributed by atoms with Gasteiger partial charge in [-0.05, 0) is 46.8 Å². The molecule has 0 aromatic heterocycles. The van der Waals surface area contributed by atoms with Gasteiger partial charge in [-0.2, -0.15) is 0 Å². The molecule has 0 aliphatic heterocycles. The minimum absolute atomic E-state index is 0.0520. The third kappa shape index (κ3) is 3.24. The van der Waals surface area contributed by atoms with E-state index in [0.29, 0.717) is 18.4 Å². The van der Waals surface area contributed by atoms with Gasteiger partial charge in [-0.25, -0.2) is 8.78 Å². The van der Waals surface area contributed by atoms with E-state index < -0.39 is 11.6 Å². The molecule has 1 aromatic rings. The normalized spacial score (nSPS) is 12.9. The second kappa shape index (κ2) is 5.56. The van der Waals surface area contributed by atoms with E-state index in [4.69, 9.17) is 5.73 Å². The van der Waals surface area contributed by atoms with Crippen molar-refractivity contribution in [3.8, 4) is 0 Å². The average Bonchev–Trinajstić information content (AvgIpc) is 2.24. The number of rotatable bonds is 4. The maximum absolute atomic E-state index is 13.4. The van der Waals surface area contributed by atoms with Crippen LogP contribution in [0, 0.1) is 11.6 Å². The Labute approximate surface area is 96.8 Å². The van der Waals surface area contributed by atoms with Crippen LogP contribution in [0.2, 0.25) is 0 Å². The maximum Gasteiger partial charge on any atom is 0.173 e. The zero-order valence-corrected chi connectivity index (χ0v) is 10.2. The lowest BCUT2D eigenvalue weighted by Gasteiger charge is -2.09. The van der Waals surface area contributed by atoms with Crippen LogP contribution in [-0.2, 0) is 6.42 Å². The van der Waals surface area contributed by atoms with E-state index in [0.717, 1.165) is 6.42 Å². The van der Waals surface area contributed by atoms with Crippen molar-refractivity contribution in [2.75, 3.05) is 0 Å². The molecule has 0 aliphatic rings. The highest BCUT2D eigenvalue weighted by Crippen LogP contribution is 2.22. The number of hydrogen-bond donors (Lipinski definition) is 1. The summed E-state index contributed by atoms with van der Waals surface area (Å²) in [6.45, 7) is 1.98. The third-order valence-electron chi connectivity index (χ3n) is 2.42. The smallest absolute Gasteiger partial charge is 0.173 e.